The maximum atomic E-state index is 11.9. The molecule has 0 aromatic heterocycles. The maximum absolute atomic E-state index is 11.9. The lowest BCUT2D eigenvalue weighted by atomic mass is 9.95. The summed E-state index contributed by atoms with van der Waals surface area (Å²) in [7, 11) is -3.12. The number of hydrogen-bond donors (Lipinski definition) is 1. The summed E-state index contributed by atoms with van der Waals surface area (Å²) in [5, 5.41) is 0. The fourth-order valence-electron chi connectivity index (χ4n) is 3.85. The van der Waals surface area contributed by atoms with E-state index >= 15 is 0 Å². The van der Waals surface area contributed by atoms with E-state index in [9.17, 15) is 13.2 Å². The van der Waals surface area contributed by atoms with E-state index < -0.39 is 15.9 Å². The van der Waals surface area contributed by atoms with Gasteiger partial charge in [0.25, 0.3) is 0 Å². The van der Waals surface area contributed by atoms with Crippen molar-refractivity contribution in [3.63, 3.8) is 0 Å². The van der Waals surface area contributed by atoms with Crippen molar-refractivity contribution in [3.05, 3.63) is 29.8 Å². The Hall–Kier alpha value is -1.64. The van der Waals surface area contributed by atoms with Crippen molar-refractivity contribution in [2.24, 2.45) is 11.7 Å². The molecule has 3 aliphatic heterocycles. The van der Waals surface area contributed by atoms with Crippen LogP contribution in [-0.4, -0.2) is 68.6 Å². The van der Waals surface area contributed by atoms with Gasteiger partial charge in [0.1, 0.15) is 5.75 Å². The van der Waals surface area contributed by atoms with E-state index in [-0.39, 0.29) is 0 Å². The molecule has 1 amide bonds. The molecule has 144 valence electrons. The summed E-state index contributed by atoms with van der Waals surface area (Å²) >= 11 is 0. The zero-order valence-corrected chi connectivity index (χ0v) is 16.0. The summed E-state index contributed by atoms with van der Waals surface area (Å²) in [6.07, 6.45) is 4.35. The lowest BCUT2D eigenvalue weighted by Crippen LogP contribution is -2.45. The van der Waals surface area contributed by atoms with Crippen LogP contribution in [0.4, 0.5) is 0 Å². The Kier molecular flexibility index (Phi) is 5.84. The summed E-state index contributed by atoms with van der Waals surface area (Å²) in [5.41, 5.74) is 5.69. The molecule has 4 rings (SSSR count). The van der Waals surface area contributed by atoms with Crippen LogP contribution < -0.4 is 10.5 Å². The molecule has 0 radical (unpaired) electrons. The average Bonchev–Trinajstić information content (AvgIpc) is 2.91. The Bertz CT molecular complexity index is 735. The van der Waals surface area contributed by atoms with Gasteiger partial charge in [-0.2, -0.15) is 0 Å². The van der Waals surface area contributed by atoms with Crippen molar-refractivity contribution in [2.45, 2.75) is 25.3 Å². The number of primary amides is 1. The van der Waals surface area contributed by atoms with Crippen molar-refractivity contribution in [3.8, 4) is 5.75 Å². The largest absolute Gasteiger partial charge is 0.494 e. The molecule has 26 heavy (non-hydrogen) atoms. The highest BCUT2D eigenvalue weighted by molar-refractivity contribution is 7.88. The van der Waals surface area contributed by atoms with Gasteiger partial charge in [-0.3, -0.25) is 9.69 Å². The van der Waals surface area contributed by atoms with Gasteiger partial charge in [-0.25, -0.2) is 12.7 Å². The molecule has 1 aromatic rings. The number of rotatable bonds is 7. The molecule has 3 fully saturated rings. The standard InChI is InChI=1S/C18H27N3O4S/c1-26(23,24)21-12-14-3-6-16(13-21)20(11-14)9-2-10-25-17-7-4-15(5-8-17)18(19)22/h4-5,7-8,14,16H,2-3,6,9-13H2,1H3,(H2,19,22)/t14-,16-/m1/s1. The second-order valence-corrected chi connectivity index (χ2v) is 9.25. The molecule has 2 N–H and O–H groups in total. The minimum atomic E-state index is -3.12. The summed E-state index contributed by atoms with van der Waals surface area (Å²) in [6, 6.07) is 7.12. The highest BCUT2D eigenvalue weighted by Gasteiger charge is 2.37. The van der Waals surface area contributed by atoms with E-state index in [2.05, 4.69) is 4.90 Å². The normalized spacial score (nSPS) is 24.3. The first-order valence-corrected chi connectivity index (χ1v) is 10.9. The van der Waals surface area contributed by atoms with Gasteiger partial charge >= 0.3 is 0 Å². The van der Waals surface area contributed by atoms with Crippen molar-refractivity contribution in [1.82, 2.24) is 9.21 Å². The molecule has 0 aliphatic carbocycles. The number of benzene rings is 1. The Morgan fingerprint density at radius 1 is 1.19 bits per heavy atom. The van der Waals surface area contributed by atoms with Crippen LogP contribution >= 0.6 is 0 Å². The third kappa shape index (κ3) is 4.75. The van der Waals surface area contributed by atoms with E-state index in [1.165, 1.54) is 6.26 Å². The topological polar surface area (TPSA) is 92.9 Å². The van der Waals surface area contributed by atoms with E-state index in [4.69, 9.17) is 10.5 Å². The molecule has 2 bridgehead atoms. The number of sulfonamides is 1. The van der Waals surface area contributed by atoms with Crippen LogP contribution in [0.25, 0.3) is 0 Å². The van der Waals surface area contributed by atoms with Gasteiger partial charge in [-0.05, 0) is 49.4 Å². The number of carbonyl (C=O) groups is 1. The van der Waals surface area contributed by atoms with Crippen molar-refractivity contribution in [2.75, 3.05) is 39.0 Å². The van der Waals surface area contributed by atoms with E-state index in [1.54, 1.807) is 28.6 Å². The maximum Gasteiger partial charge on any atom is 0.248 e. The predicted molar refractivity (Wildman–Crippen MR) is 99.6 cm³/mol. The number of piperidine rings is 1. The van der Waals surface area contributed by atoms with Crippen LogP contribution in [0.2, 0.25) is 0 Å². The lowest BCUT2D eigenvalue weighted by molar-refractivity contribution is 0.1000. The number of carbonyl (C=O) groups excluding carboxylic acids is 1. The van der Waals surface area contributed by atoms with E-state index in [0.29, 0.717) is 37.2 Å². The fraction of sp³-hybridized carbons (Fsp3) is 0.611. The highest BCUT2D eigenvalue weighted by Crippen LogP contribution is 2.29. The second-order valence-electron chi connectivity index (χ2n) is 7.26. The van der Waals surface area contributed by atoms with Crippen molar-refractivity contribution >= 4 is 15.9 Å². The van der Waals surface area contributed by atoms with Crippen LogP contribution in [0.5, 0.6) is 5.75 Å². The number of fused-ring (bicyclic) bond motifs is 4. The lowest BCUT2D eigenvalue weighted by Gasteiger charge is -2.36. The fourth-order valence-corrected chi connectivity index (χ4v) is 4.78. The monoisotopic (exact) mass is 381 g/mol. The van der Waals surface area contributed by atoms with Crippen molar-refractivity contribution in [1.29, 1.82) is 0 Å². The summed E-state index contributed by atoms with van der Waals surface area (Å²) in [5.74, 6) is 0.692. The van der Waals surface area contributed by atoms with E-state index in [0.717, 1.165) is 38.1 Å². The SMILES string of the molecule is CS(=O)(=O)N1C[C@@H]2CC[C@H](C1)N(CCCOc1ccc(C(N)=O)cc1)C2. The average molecular weight is 381 g/mol. The highest BCUT2D eigenvalue weighted by atomic mass is 32.2. The number of hydrogen-bond acceptors (Lipinski definition) is 5. The Balaban J connectivity index is 1.47. The Morgan fingerprint density at radius 3 is 2.58 bits per heavy atom. The molecule has 3 heterocycles. The summed E-state index contributed by atoms with van der Waals surface area (Å²) in [4.78, 5) is 13.5. The van der Waals surface area contributed by atoms with Gasteiger partial charge in [0, 0.05) is 37.8 Å². The number of nitrogens with two attached hydrogens (primary N) is 1. The van der Waals surface area contributed by atoms with E-state index in [1.807, 2.05) is 0 Å². The Labute approximate surface area is 155 Å². The molecule has 3 saturated heterocycles. The predicted octanol–water partition coefficient (Wildman–Crippen LogP) is 0.910. The molecule has 8 heteroatoms. The van der Waals surface area contributed by atoms with Crippen LogP contribution in [0, 0.1) is 5.92 Å². The van der Waals surface area contributed by atoms with Gasteiger partial charge in [0.05, 0.1) is 12.9 Å². The molecule has 0 saturated carbocycles. The van der Waals surface area contributed by atoms with Crippen molar-refractivity contribution < 1.29 is 17.9 Å². The molecule has 2 atom stereocenters. The number of amides is 1. The molecular weight excluding hydrogens is 354 g/mol. The zero-order chi connectivity index (χ0) is 18.7. The summed E-state index contributed by atoms with van der Waals surface area (Å²) in [6.45, 7) is 3.70. The molecular formula is C18H27N3O4S. The van der Waals surface area contributed by atoms with Gasteiger partial charge in [0.15, 0.2) is 0 Å². The molecule has 7 nitrogen and oxygen atoms in total. The molecule has 1 aromatic carbocycles. The first kappa shape index (κ1) is 19.1. The third-order valence-corrected chi connectivity index (χ3v) is 6.50. The van der Waals surface area contributed by atoms with Crippen LogP contribution in [0.1, 0.15) is 29.6 Å². The first-order chi connectivity index (χ1) is 12.3. The third-order valence-electron chi connectivity index (χ3n) is 5.26. The summed E-state index contributed by atoms with van der Waals surface area (Å²) < 4.78 is 31.2. The number of nitrogens with zero attached hydrogens (tertiary/aromatic N) is 2. The minimum absolute atomic E-state index is 0.304. The molecule has 3 aliphatic rings. The second kappa shape index (κ2) is 7.94. The minimum Gasteiger partial charge on any atom is -0.494 e. The first-order valence-electron chi connectivity index (χ1n) is 9.05. The molecule has 0 spiro atoms. The van der Waals surface area contributed by atoms with Gasteiger partial charge in [-0.1, -0.05) is 0 Å². The quantitative estimate of drug-likeness (QED) is 0.709. The molecule has 0 unspecified atom stereocenters. The van der Waals surface area contributed by atoms with Crippen LogP contribution in [0.3, 0.4) is 0 Å². The van der Waals surface area contributed by atoms with Crippen LogP contribution in [0.15, 0.2) is 24.3 Å². The number of ether oxygens (including phenoxy) is 1. The van der Waals surface area contributed by atoms with Gasteiger partial charge in [0.2, 0.25) is 15.9 Å². The Morgan fingerprint density at radius 2 is 1.92 bits per heavy atom. The smallest absolute Gasteiger partial charge is 0.248 e. The van der Waals surface area contributed by atoms with Gasteiger partial charge < -0.3 is 10.5 Å². The van der Waals surface area contributed by atoms with Crippen LogP contribution in [-0.2, 0) is 10.0 Å². The van der Waals surface area contributed by atoms with Gasteiger partial charge in [-0.15, -0.1) is 0 Å². The zero-order valence-electron chi connectivity index (χ0n) is 15.1.